The molecule has 2 aromatic carbocycles. The van der Waals surface area contributed by atoms with Crippen molar-refractivity contribution in [3.8, 4) is 11.8 Å². The van der Waals surface area contributed by atoms with Crippen LogP contribution < -0.4 is 4.74 Å². The number of fused-ring (bicyclic) bond motifs is 3. The molecule has 0 bridgehead atoms. The molecule has 6 heteroatoms. The molecule has 3 heterocycles. The number of methoxy groups -OCH3 is 1. The van der Waals surface area contributed by atoms with E-state index in [-0.39, 0.29) is 11.7 Å². The van der Waals surface area contributed by atoms with Gasteiger partial charge >= 0.3 is 0 Å². The Morgan fingerprint density at radius 3 is 2.83 bits per heavy atom. The lowest BCUT2D eigenvalue weighted by Crippen LogP contribution is -2.03. The average molecular weight is 466 g/mol. The quantitative estimate of drug-likeness (QED) is 0.348. The number of rotatable bonds is 5. The number of imidazole rings is 1. The lowest BCUT2D eigenvalue weighted by molar-refractivity contribution is 0.181. The largest absolute Gasteiger partial charge is 0.488 e. The first kappa shape index (κ1) is 21.6. The van der Waals surface area contributed by atoms with Crippen LogP contribution in [0.5, 0.6) is 5.75 Å². The van der Waals surface area contributed by atoms with Crippen LogP contribution in [0.2, 0.25) is 0 Å². The summed E-state index contributed by atoms with van der Waals surface area (Å²) in [5.41, 5.74) is 8.38. The third kappa shape index (κ3) is 3.88. The maximum atomic E-state index is 14.1. The Hall–Kier alpha value is -3.95. The highest BCUT2D eigenvalue weighted by Crippen LogP contribution is 2.46. The predicted octanol–water partition coefficient (Wildman–Crippen LogP) is 5.84. The van der Waals surface area contributed by atoms with Gasteiger partial charge in [0.05, 0.1) is 24.1 Å². The Morgan fingerprint density at radius 1 is 1.17 bits per heavy atom. The molecular formula is C29H24FN3O2. The molecule has 35 heavy (non-hydrogen) atoms. The SMILES string of the molecule is COCc1nc2ccccn2c1Cc1ccc2c(c1)COc1cc(F)ccc1C2=C(C#N)C1CC1. The second-order valence-corrected chi connectivity index (χ2v) is 9.14. The standard InChI is InChI=1S/C29H24FN3O2/c1-34-17-25-26(33-11-3-2-4-28(33)32-25)13-18-5-9-22-20(12-18)16-35-27-14-21(30)8-10-23(27)29(22)24(15-31)19-6-7-19/h2-5,8-12,14,19H,6-7,13,16-17H2,1H3. The number of halogens is 1. The maximum absolute atomic E-state index is 14.1. The molecule has 5 nitrogen and oxygen atoms in total. The monoisotopic (exact) mass is 465 g/mol. The van der Waals surface area contributed by atoms with Crippen molar-refractivity contribution in [1.82, 2.24) is 9.38 Å². The van der Waals surface area contributed by atoms with Gasteiger partial charge in [-0.15, -0.1) is 0 Å². The van der Waals surface area contributed by atoms with E-state index in [2.05, 4.69) is 28.7 Å². The summed E-state index contributed by atoms with van der Waals surface area (Å²) in [6.45, 7) is 0.746. The molecule has 0 unspecified atom stereocenters. The molecule has 1 aliphatic carbocycles. The fourth-order valence-electron chi connectivity index (χ4n) is 4.98. The Kier molecular flexibility index (Phi) is 5.35. The van der Waals surface area contributed by atoms with Crippen molar-refractivity contribution in [2.75, 3.05) is 7.11 Å². The summed E-state index contributed by atoms with van der Waals surface area (Å²) in [5.74, 6) is 0.390. The number of benzene rings is 2. The van der Waals surface area contributed by atoms with Crippen LogP contribution in [0.25, 0.3) is 11.2 Å². The van der Waals surface area contributed by atoms with Gasteiger partial charge in [0.1, 0.15) is 23.8 Å². The zero-order chi connectivity index (χ0) is 23.9. The van der Waals surface area contributed by atoms with Crippen LogP contribution in [0.1, 0.15) is 46.5 Å². The number of pyridine rings is 1. The first-order chi connectivity index (χ1) is 17.2. The third-order valence-electron chi connectivity index (χ3n) is 6.77. The van der Waals surface area contributed by atoms with E-state index in [1.165, 1.54) is 12.1 Å². The topological polar surface area (TPSA) is 59.6 Å². The number of ether oxygens (including phenoxy) is 2. The van der Waals surface area contributed by atoms with Crippen LogP contribution in [-0.4, -0.2) is 16.5 Å². The summed E-state index contributed by atoms with van der Waals surface area (Å²) in [6, 6.07) is 19.3. The summed E-state index contributed by atoms with van der Waals surface area (Å²) in [4.78, 5) is 4.74. The summed E-state index contributed by atoms with van der Waals surface area (Å²) >= 11 is 0. The van der Waals surface area contributed by atoms with Gasteiger partial charge in [0.25, 0.3) is 0 Å². The Bertz CT molecular complexity index is 1520. The maximum Gasteiger partial charge on any atom is 0.137 e. The summed E-state index contributed by atoms with van der Waals surface area (Å²) in [6.07, 6.45) is 4.71. The molecule has 0 N–H and O–H groups in total. The Balaban J connectivity index is 1.46. The molecule has 0 saturated heterocycles. The minimum Gasteiger partial charge on any atom is -0.488 e. The van der Waals surface area contributed by atoms with Gasteiger partial charge in [-0.05, 0) is 59.7 Å². The molecule has 0 atom stereocenters. The van der Waals surface area contributed by atoms with E-state index in [1.807, 2.05) is 24.4 Å². The van der Waals surface area contributed by atoms with Crippen molar-refractivity contribution in [3.63, 3.8) is 0 Å². The lowest BCUT2D eigenvalue weighted by Gasteiger charge is -2.14. The van der Waals surface area contributed by atoms with E-state index in [0.717, 1.165) is 63.3 Å². The van der Waals surface area contributed by atoms with Crippen molar-refractivity contribution in [2.24, 2.45) is 5.92 Å². The molecule has 4 aromatic rings. The molecule has 0 spiro atoms. The highest BCUT2D eigenvalue weighted by Gasteiger charge is 2.32. The van der Waals surface area contributed by atoms with Gasteiger partial charge < -0.3 is 13.9 Å². The van der Waals surface area contributed by atoms with Gasteiger partial charge in [0, 0.05) is 42.5 Å². The fourth-order valence-corrected chi connectivity index (χ4v) is 4.98. The summed E-state index contributed by atoms with van der Waals surface area (Å²) < 4.78 is 27.6. The van der Waals surface area contributed by atoms with E-state index < -0.39 is 0 Å². The normalized spacial score (nSPS) is 16.1. The number of allylic oxidation sites excluding steroid dienone is 1. The number of nitriles is 1. The highest BCUT2D eigenvalue weighted by molar-refractivity contribution is 5.89. The molecule has 1 aliphatic heterocycles. The van der Waals surface area contributed by atoms with Crippen molar-refractivity contribution in [2.45, 2.75) is 32.5 Å². The van der Waals surface area contributed by atoms with E-state index in [0.29, 0.717) is 25.4 Å². The number of hydrogen-bond acceptors (Lipinski definition) is 4. The second-order valence-electron chi connectivity index (χ2n) is 9.14. The van der Waals surface area contributed by atoms with Crippen molar-refractivity contribution in [3.05, 3.63) is 106 Å². The van der Waals surface area contributed by atoms with E-state index >= 15 is 0 Å². The van der Waals surface area contributed by atoms with Gasteiger partial charge in [-0.3, -0.25) is 0 Å². The minimum atomic E-state index is -0.349. The van der Waals surface area contributed by atoms with Crippen LogP contribution in [0.15, 0.2) is 66.4 Å². The van der Waals surface area contributed by atoms with Gasteiger partial charge in [-0.25, -0.2) is 9.37 Å². The Labute approximate surface area is 203 Å². The average Bonchev–Trinajstić information content (AvgIpc) is 3.67. The van der Waals surface area contributed by atoms with E-state index in [9.17, 15) is 9.65 Å². The van der Waals surface area contributed by atoms with Crippen molar-refractivity contribution < 1.29 is 13.9 Å². The van der Waals surface area contributed by atoms with Gasteiger partial charge in [-0.2, -0.15) is 5.26 Å². The number of aromatic nitrogens is 2. The van der Waals surface area contributed by atoms with Crippen LogP contribution in [0.3, 0.4) is 0 Å². The molecule has 2 aliphatic rings. The zero-order valence-electron chi connectivity index (χ0n) is 19.4. The molecule has 0 amide bonds. The summed E-state index contributed by atoms with van der Waals surface area (Å²) in [5, 5.41) is 10.0. The molecule has 174 valence electrons. The van der Waals surface area contributed by atoms with Gasteiger partial charge in [-0.1, -0.05) is 24.3 Å². The molecule has 6 rings (SSSR count). The zero-order valence-corrected chi connectivity index (χ0v) is 19.4. The first-order valence-corrected chi connectivity index (χ1v) is 11.8. The molecule has 1 fully saturated rings. The third-order valence-corrected chi connectivity index (χ3v) is 6.77. The number of nitrogens with zero attached hydrogens (tertiary/aromatic N) is 3. The summed E-state index contributed by atoms with van der Waals surface area (Å²) in [7, 11) is 1.68. The minimum absolute atomic E-state index is 0.258. The van der Waals surface area contributed by atoms with Gasteiger partial charge in [0.2, 0.25) is 0 Å². The van der Waals surface area contributed by atoms with Crippen LogP contribution in [0.4, 0.5) is 4.39 Å². The first-order valence-electron chi connectivity index (χ1n) is 11.8. The smallest absolute Gasteiger partial charge is 0.137 e. The van der Waals surface area contributed by atoms with Crippen LogP contribution in [0, 0.1) is 23.1 Å². The molecule has 2 aromatic heterocycles. The predicted molar refractivity (Wildman–Crippen MR) is 130 cm³/mol. The van der Waals surface area contributed by atoms with Crippen molar-refractivity contribution >= 4 is 11.2 Å². The van der Waals surface area contributed by atoms with E-state index in [1.54, 1.807) is 13.2 Å². The lowest BCUT2D eigenvalue weighted by atomic mass is 9.88. The van der Waals surface area contributed by atoms with E-state index in [4.69, 9.17) is 14.5 Å². The Morgan fingerprint density at radius 2 is 2.03 bits per heavy atom. The highest BCUT2D eigenvalue weighted by atomic mass is 19.1. The molecular weight excluding hydrogens is 441 g/mol. The second kappa shape index (κ2) is 8.68. The van der Waals surface area contributed by atoms with Crippen LogP contribution in [-0.2, 0) is 24.4 Å². The molecule has 1 saturated carbocycles. The van der Waals surface area contributed by atoms with Gasteiger partial charge in [0.15, 0.2) is 0 Å². The van der Waals surface area contributed by atoms with Crippen molar-refractivity contribution in [1.29, 1.82) is 5.26 Å². The van der Waals surface area contributed by atoms with Crippen LogP contribution >= 0.6 is 0 Å². The molecule has 0 radical (unpaired) electrons. The fraction of sp³-hybridized carbons (Fsp3) is 0.241. The number of hydrogen-bond donors (Lipinski definition) is 0.